The van der Waals surface area contributed by atoms with Crippen molar-refractivity contribution in [1.29, 1.82) is 0 Å². The molecule has 0 spiro atoms. The quantitative estimate of drug-likeness (QED) is 0.826. The van der Waals surface area contributed by atoms with E-state index >= 15 is 0 Å². The van der Waals surface area contributed by atoms with E-state index in [1.54, 1.807) is 17.0 Å². The van der Waals surface area contributed by atoms with Crippen molar-refractivity contribution in [2.24, 2.45) is 0 Å². The number of nitrogens with one attached hydrogen (secondary N) is 2. The summed E-state index contributed by atoms with van der Waals surface area (Å²) in [4.78, 5) is 37.7. The summed E-state index contributed by atoms with van der Waals surface area (Å²) in [5, 5.41) is 5.69. The third-order valence-electron chi connectivity index (χ3n) is 4.48. The Hall–Kier alpha value is -3.15. The molecule has 1 aliphatic rings. The molecular formula is C21H23N3O3. The monoisotopic (exact) mass is 365 g/mol. The lowest BCUT2D eigenvalue weighted by atomic mass is 10.0. The summed E-state index contributed by atoms with van der Waals surface area (Å²) >= 11 is 0. The fraction of sp³-hybridized carbons (Fsp3) is 0.286. The van der Waals surface area contributed by atoms with Crippen molar-refractivity contribution < 1.29 is 14.4 Å². The molecule has 1 atom stereocenters. The molecule has 6 nitrogen and oxygen atoms in total. The first-order valence-corrected chi connectivity index (χ1v) is 9.05. The van der Waals surface area contributed by atoms with E-state index in [1.807, 2.05) is 42.5 Å². The van der Waals surface area contributed by atoms with Crippen molar-refractivity contribution >= 4 is 29.1 Å². The molecule has 0 aromatic heterocycles. The Morgan fingerprint density at radius 3 is 2.56 bits per heavy atom. The molecule has 1 saturated heterocycles. The number of rotatable bonds is 6. The standard InChI is InChI=1S/C21H23N3O3/c1-15(25)22-19(16-7-3-2-4-8-16)14-20(26)23-17-9-5-10-18(13-17)24-12-6-11-21(24)27/h2-5,7-10,13,19H,6,11-12,14H2,1H3,(H,22,25)(H,23,26). The zero-order chi connectivity index (χ0) is 19.2. The van der Waals surface area contributed by atoms with Crippen LogP contribution in [-0.4, -0.2) is 24.3 Å². The average molecular weight is 365 g/mol. The zero-order valence-electron chi connectivity index (χ0n) is 15.3. The first kappa shape index (κ1) is 18.6. The van der Waals surface area contributed by atoms with Crippen molar-refractivity contribution in [2.45, 2.75) is 32.2 Å². The van der Waals surface area contributed by atoms with Gasteiger partial charge in [0.15, 0.2) is 0 Å². The van der Waals surface area contributed by atoms with E-state index in [2.05, 4.69) is 10.6 Å². The molecule has 1 heterocycles. The Morgan fingerprint density at radius 1 is 1.11 bits per heavy atom. The fourth-order valence-corrected chi connectivity index (χ4v) is 3.25. The van der Waals surface area contributed by atoms with Crippen molar-refractivity contribution in [2.75, 3.05) is 16.8 Å². The van der Waals surface area contributed by atoms with Gasteiger partial charge in [-0.3, -0.25) is 14.4 Å². The van der Waals surface area contributed by atoms with Gasteiger partial charge in [0.2, 0.25) is 17.7 Å². The molecule has 0 aliphatic carbocycles. The first-order valence-electron chi connectivity index (χ1n) is 9.05. The molecule has 0 bridgehead atoms. The predicted molar refractivity (Wildman–Crippen MR) is 104 cm³/mol. The van der Waals surface area contributed by atoms with Crippen LogP contribution in [0.5, 0.6) is 0 Å². The highest BCUT2D eigenvalue weighted by Crippen LogP contribution is 2.25. The van der Waals surface area contributed by atoms with Crippen molar-refractivity contribution in [3.63, 3.8) is 0 Å². The van der Waals surface area contributed by atoms with Crippen LogP contribution in [0.25, 0.3) is 0 Å². The topological polar surface area (TPSA) is 78.5 Å². The molecule has 3 amide bonds. The van der Waals surface area contributed by atoms with Gasteiger partial charge >= 0.3 is 0 Å². The number of carbonyl (C=O) groups is 3. The number of nitrogens with zero attached hydrogens (tertiary/aromatic N) is 1. The van der Waals surface area contributed by atoms with Crippen LogP contribution in [0.15, 0.2) is 54.6 Å². The highest BCUT2D eigenvalue weighted by Gasteiger charge is 2.22. The van der Waals surface area contributed by atoms with Crippen LogP contribution in [-0.2, 0) is 14.4 Å². The maximum absolute atomic E-state index is 12.5. The minimum Gasteiger partial charge on any atom is -0.349 e. The van der Waals surface area contributed by atoms with Gasteiger partial charge in [-0.1, -0.05) is 36.4 Å². The van der Waals surface area contributed by atoms with Gasteiger partial charge in [0.1, 0.15) is 0 Å². The van der Waals surface area contributed by atoms with E-state index in [-0.39, 0.29) is 24.1 Å². The molecule has 0 saturated carbocycles. The van der Waals surface area contributed by atoms with Crippen LogP contribution < -0.4 is 15.5 Å². The summed E-state index contributed by atoms with van der Waals surface area (Å²) in [6.07, 6.45) is 1.54. The molecule has 1 fully saturated rings. The zero-order valence-corrected chi connectivity index (χ0v) is 15.3. The Labute approximate surface area is 158 Å². The third kappa shape index (κ3) is 4.94. The van der Waals surface area contributed by atoms with Crippen molar-refractivity contribution in [1.82, 2.24) is 5.32 Å². The van der Waals surface area contributed by atoms with Crippen LogP contribution in [0, 0.1) is 0 Å². The molecule has 1 aliphatic heterocycles. The second-order valence-electron chi connectivity index (χ2n) is 6.62. The van der Waals surface area contributed by atoms with E-state index in [1.165, 1.54) is 6.92 Å². The molecule has 2 aromatic carbocycles. The van der Waals surface area contributed by atoms with Crippen LogP contribution in [0.2, 0.25) is 0 Å². The van der Waals surface area contributed by atoms with Crippen molar-refractivity contribution in [3.8, 4) is 0 Å². The Balaban J connectivity index is 1.69. The average Bonchev–Trinajstić information content (AvgIpc) is 3.08. The highest BCUT2D eigenvalue weighted by molar-refractivity contribution is 5.97. The lowest BCUT2D eigenvalue weighted by Crippen LogP contribution is -2.29. The molecule has 2 aromatic rings. The summed E-state index contributed by atoms with van der Waals surface area (Å²) < 4.78 is 0. The molecular weight excluding hydrogens is 342 g/mol. The lowest BCUT2D eigenvalue weighted by molar-refractivity contribution is -0.120. The minimum atomic E-state index is -0.396. The fourth-order valence-electron chi connectivity index (χ4n) is 3.25. The van der Waals surface area contributed by atoms with Crippen molar-refractivity contribution in [3.05, 3.63) is 60.2 Å². The summed E-state index contributed by atoms with van der Waals surface area (Å²) in [7, 11) is 0. The van der Waals surface area contributed by atoms with Crippen LogP contribution in [0.4, 0.5) is 11.4 Å². The first-order chi connectivity index (χ1) is 13.0. The van der Waals surface area contributed by atoms with Gasteiger partial charge in [-0.15, -0.1) is 0 Å². The minimum absolute atomic E-state index is 0.105. The van der Waals surface area contributed by atoms with Gasteiger partial charge in [0.25, 0.3) is 0 Å². The van der Waals surface area contributed by atoms with E-state index in [0.717, 1.165) is 17.7 Å². The van der Waals surface area contributed by atoms with Gasteiger partial charge in [-0.05, 0) is 30.2 Å². The molecule has 27 heavy (non-hydrogen) atoms. The van der Waals surface area contributed by atoms with E-state index in [9.17, 15) is 14.4 Å². The molecule has 0 radical (unpaired) electrons. The van der Waals surface area contributed by atoms with Gasteiger partial charge in [0, 0.05) is 31.3 Å². The molecule has 3 rings (SSSR count). The Kier molecular flexibility index (Phi) is 5.86. The second-order valence-corrected chi connectivity index (χ2v) is 6.62. The number of anilines is 2. The number of hydrogen-bond donors (Lipinski definition) is 2. The Morgan fingerprint density at radius 2 is 1.89 bits per heavy atom. The molecule has 2 N–H and O–H groups in total. The second kappa shape index (κ2) is 8.49. The van der Waals surface area contributed by atoms with Crippen LogP contribution in [0.3, 0.4) is 0 Å². The van der Waals surface area contributed by atoms with Gasteiger partial charge in [-0.2, -0.15) is 0 Å². The number of amides is 3. The summed E-state index contributed by atoms with van der Waals surface area (Å²) in [6.45, 7) is 2.14. The van der Waals surface area contributed by atoms with Gasteiger partial charge in [0.05, 0.1) is 12.5 Å². The normalized spacial score (nSPS) is 14.7. The Bertz CT molecular complexity index is 836. The largest absolute Gasteiger partial charge is 0.349 e. The smallest absolute Gasteiger partial charge is 0.227 e. The lowest BCUT2D eigenvalue weighted by Gasteiger charge is -2.19. The SMILES string of the molecule is CC(=O)NC(CC(=O)Nc1cccc(N2CCCC2=O)c1)c1ccccc1. The van der Waals surface area contributed by atoms with E-state index in [4.69, 9.17) is 0 Å². The third-order valence-corrected chi connectivity index (χ3v) is 4.48. The molecule has 6 heteroatoms. The van der Waals surface area contributed by atoms with E-state index in [0.29, 0.717) is 18.7 Å². The number of carbonyl (C=O) groups excluding carboxylic acids is 3. The summed E-state index contributed by atoms with van der Waals surface area (Å²) in [5.41, 5.74) is 2.29. The van der Waals surface area contributed by atoms with Crippen LogP contribution in [0.1, 0.15) is 37.8 Å². The van der Waals surface area contributed by atoms with Crippen LogP contribution >= 0.6 is 0 Å². The molecule has 1 unspecified atom stereocenters. The highest BCUT2D eigenvalue weighted by atomic mass is 16.2. The predicted octanol–water partition coefficient (Wildman–Crippen LogP) is 3.02. The van der Waals surface area contributed by atoms with E-state index < -0.39 is 6.04 Å². The molecule has 140 valence electrons. The summed E-state index contributed by atoms with van der Waals surface area (Å²) in [6, 6.07) is 16.3. The maximum Gasteiger partial charge on any atom is 0.227 e. The van der Waals surface area contributed by atoms with Gasteiger partial charge < -0.3 is 15.5 Å². The number of hydrogen-bond acceptors (Lipinski definition) is 3. The maximum atomic E-state index is 12.5. The summed E-state index contributed by atoms with van der Waals surface area (Å²) in [5.74, 6) is -0.290. The number of benzene rings is 2. The van der Waals surface area contributed by atoms with Gasteiger partial charge in [-0.25, -0.2) is 0 Å².